The van der Waals surface area contributed by atoms with E-state index in [4.69, 9.17) is 0 Å². The van der Waals surface area contributed by atoms with Crippen LogP contribution in [-0.2, 0) is 0 Å². The van der Waals surface area contributed by atoms with Crippen molar-refractivity contribution < 1.29 is 19.8 Å². The molecule has 0 radical (unpaired) electrons. The summed E-state index contributed by atoms with van der Waals surface area (Å²) in [6.45, 7) is 8.24. The van der Waals surface area contributed by atoms with Gasteiger partial charge >= 0.3 is 11.9 Å². The van der Waals surface area contributed by atoms with E-state index in [-0.39, 0.29) is 23.0 Å². The predicted octanol–water partition coefficient (Wildman–Crippen LogP) is 6.66. The van der Waals surface area contributed by atoms with Crippen molar-refractivity contribution in [2.45, 2.75) is 39.5 Å². The second-order valence-electron chi connectivity index (χ2n) is 8.00. The van der Waals surface area contributed by atoms with E-state index in [1.807, 2.05) is 36.4 Å². The standard InChI is InChI=1S/C26H26O4/c1-15(2)17-13-14-18(16(3)4)24(20-10-6-8-12-22(20)26(29)30)23(17)19-9-5-7-11-21(19)25(27)28/h5-16H,1-4H3,(H,27,28)(H,29,30). The molecule has 0 atom stereocenters. The highest BCUT2D eigenvalue weighted by Gasteiger charge is 2.25. The van der Waals surface area contributed by atoms with E-state index in [9.17, 15) is 19.8 Å². The van der Waals surface area contributed by atoms with Gasteiger partial charge in [-0.1, -0.05) is 76.2 Å². The van der Waals surface area contributed by atoms with Crippen LogP contribution < -0.4 is 0 Å². The number of carbonyl (C=O) groups is 2. The van der Waals surface area contributed by atoms with Gasteiger partial charge < -0.3 is 10.2 Å². The smallest absolute Gasteiger partial charge is 0.336 e. The molecule has 3 rings (SSSR count). The molecule has 0 aromatic heterocycles. The molecule has 0 fully saturated rings. The molecule has 3 aromatic rings. The third-order valence-electron chi connectivity index (χ3n) is 5.37. The van der Waals surface area contributed by atoms with Gasteiger partial charge in [0, 0.05) is 0 Å². The van der Waals surface area contributed by atoms with Gasteiger partial charge in [0.05, 0.1) is 11.1 Å². The van der Waals surface area contributed by atoms with Crippen LogP contribution in [0.3, 0.4) is 0 Å². The number of carboxylic acids is 2. The first-order valence-electron chi connectivity index (χ1n) is 10.1. The van der Waals surface area contributed by atoms with E-state index in [0.29, 0.717) is 11.1 Å². The first-order valence-corrected chi connectivity index (χ1v) is 10.1. The van der Waals surface area contributed by atoms with E-state index < -0.39 is 11.9 Å². The molecule has 2 N–H and O–H groups in total. The molecular formula is C26H26O4. The number of rotatable bonds is 6. The highest BCUT2D eigenvalue weighted by molar-refractivity contribution is 6.04. The average Bonchev–Trinajstić information content (AvgIpc) is 2.72. The molecule has 0 unspecified atom stereocenters. The van der Waals surface area contributed by atoms with Crippen molar-refractivity contribution in [3.8, 4) is 22.3 Å². The fourth-order valence-corrected chi connectivity index (χ4v) is 3.95. The number of hydrogen-bond donors (Lipinski definition) is 2. The van der Waals surface area contributed by atoms with Crippen LogP contribution in [0.2, 0.25) is 0 Å². The molecular weight excluding hydrogens is 376 g/mol. The van der Waals surface area contributed by atoms with Crippen LogP contribution in [0.25, 0.3) is 22.3 Å². The SMILES string of the molecule is CC(C)c1ccc(C(C)C)c(-c2ccccc2C(=O)O)c1-c1ccccc1C(=O)O. The topological polar surface area (TPSA) is 74.6 Å². The van der Waals surface area contributed by atoms with Gasteiger partial charge in [0.15, 0.2) is 0 Å². The minimum absolute atomic E-state index is 0.124. The normalized spacial score (nSPS) is 11.1. The van der Waals surface area contributed by atoms with E-state index in [2.05, 4.69) is 27.7 Å². The largest absolute Gasteiger partial charge is 0.478 e. The van der Waals surface area contributed by atoms with Crippen LogP contribution in [0.1, 0.15) is 71.4 Å². The van der Waals surface area contributed by atoms with Gasteiger partial charge in [-0.25, -0.2) is 9.59 Å². The Labute approximate surface area is 176 Å². The molecule has 0 aliphatic heterocycles. The van der Waals surface area contributed by atoms with Crippen molar-refractivity contribution in [1.82, 2.24) is 0 Å². The Bertz CT molecular complexity index is 1020. The Hall–Kier alpha value is -3.40. The van der Waals surface area contributed by atoms with Crippen LogP contribution in [0.15, 0.2) is 60.7 Å². The second kappa shape index (κ2) is 8.54. The first kappa shape index (κ1) is 21.3. The third-order valence-corrected chi connectivity index (χ3v) is 5.37. The Kier molecular flexibility index (Phi) is 6.06. The summed E-state index contributed by atoms with van der Waals surface area (Å²) in [5.41, 5.74) is 5.18. The number of benzene rings is 3. The summed E-state index contributed by atoms with van der Waals surface area (Å²) in [6, 6.07) is 17.9. The van der Waals surface area contributed by atoms with Gasteiger partial charge in [-0.2, -0.15) is 0 Å². The summed E-state index contributed by atoms with van der Waals surface area (Å²) in [7, 11) is 0. The summed E-state index contributed by atoms with van der Waals surface area (Å²) < 4.78 is 0. The lowest BCUT2D eigenvalue weighted by Gasteiger charge is -2.25. The van der Waals surface area contributed by atoms with Crippen molar-refractivity contribution >= 4 is 11.9 Å². The summed E-state index contributed by atoms with van der Waals surface area (Å²) in [5, 5.41) is 19.7. The Morgan fingerprint density at radius 2 is 0.933 bits per heavy atom. The highest BCUT2D eigenvalue weighted by atomic mass is 16.4. The zero-order valence-electron chi connectivity index (χ0n) is 17.6. The number of carboxylic acid groups (broad SMARTS) is 2. The number of hydrogen-bond acceptors (Lipinski definition) is 2. The fraction of sp³-hybridized carbons (Fsp3) is 0.231. The summed E-state index contributed by atoms with van der Waals surface area (Å²) in [4.78, 5) is 24.0. The predicted molar refractivity (Wildman–Crippen MR) is 119 cm³/mol. The second-order valence-corrected chi connectivity index (χ2v) is 8.00. The van der Waals surface area contributed by atoms with Crippen molar-refractivity contribution in [1.29, 1.82) is 0 Å². The lowest BCUT2D eigenvalue weighted by atomic mass is 9.79. The molecule has 0 spiro atoms. The van der Waals surface area contributed by atoms with E-state index in [1.54, 1.807) is 24.3 Å². The van der Waals surface area contributed by atoms with Crippen molar-refractivity contribution in [3.05, 3.63) is 82.9 Å². The average molecular weight is 402 g/mol. The quantitative estimate of drug-likeness (QED) is 0.483. The first-order chi connectivity index (χ1) is 14.2. The molecule has 0 saturated heterocycles. The molecule has 0 aliphatic carbocycles. The van der Waals surface area contributed by atoms with E-state index >= 15 is 0 Å². The molecule has 0 saturated carbocycles. The van der Waals surface area contributed by atoms with Crippen LogP contribution >= 0.6 is 0 Å². The maximum atomic E-state index is 12.0. The third kappa shape index (κ3) is 3.86. The molecule has 0 heterocycles. The van der Waals surface area contributed by atoms with Gasteiger partial charge in [0.25, 0.3) is 0 Å². The molecule has 0 bridgehead atoms. The van der Waals surface area contributed by atoms with Crippen molar-refractivity contribution in [3.63, 3.8) is 0 Å². The minimum Gasteiger partial charge on any atom is -0.478 e. The lowest BCUT2D eigenvalue weighted by molar-refractivity contribution is 0.0686. The van der Waals surface area contributed by atoms with Crippen LogP contribution in [-0.4, -0.2) is 22.2 Å². The van der Waals surface area contributed by atoms with Crippen LogP contribution in [0.5, 0.6) is 0 Å². The fourth-order valence-electron chi connectivity index (χ4n) is 3.95. The molecule has 154 valence electrons. The minimum atomic E-state index is -1.01. The summed E-state index contributed by atoms with van der Waals surface area (Å²) in [6.07, 6.45) is 0. The molecule has 30 heavy (non-hydrogen) atoms. The summed E-state index contributed by atoms with van der Waals surface area (Å²) in [5.74, 6) is -1.77. The molecule has 4 heteroatoms. The Morgan fingerprint density at radius 1 is 0.600 bits per heavy atom. The monoisotopic (exact) mass is 402 g/mol. The molecule has 0 aliphatic rings. The van der Waals surface area contributed by atoms with Crippen LogP contribution in [0.4, 0.5) is 0 Å². The van der Waals surface area contributed by atoms with Gasteiger partial charge in [-0.15, -0.1) is 0 Å². The van der Waals surface area contributed by atoms with Gasteiger partial charge in [0.2, 0.25) is 0 Å². The van der Waals surface area contributed by atoms with E-state index in [1.165, 1.54) is 0 Å². The molecule has 0 amide bonds. The highest BCUT2D eigenvalue weighted by Crippen LogP contribution is 2.44. The molecule has 4 nitrogen and oxygen atoms in total. The van der Waals surface area contributed by atoms with Gasteiger partial charge in [-0.3, -0.25) is 0 Å². The molecule has 3 aromatic carbocycles. The maximum Gasteiger partial charge on any atom is 0.336 e. The van der Waals surface area contributed by atoms with E-state index in [0.717, 1.165) is 22.3 Å². The van der Waals surface area contributed by atoms with Crippen LogP contribution in [0, 0.1) is 0 Å². The van der Waals surface area contributed by atoms with Crippen molar-refractivity contribution in [2.24, 2.45) is 0 Å². The number of aromatic carboxylic acids is 2. The zero-order chi connectivity index (χ0) is 22.0. The maximum absolute atomic E-state index is 12.0. The summed E-state index contributed by atoms with van der Waals surface area (Å²) >= 11 is 0. The van der Waals surface area contributed by atoms with Gasteiger partial charge in [-0.05, 0) is 57.3 Å². The Balaban J connectivity index is 2.56. The Morgan fingerprint density at radius 3 is 1.23 bits per heavy atom. The zero-order valence-corrected chi connectivity index (χ0v) is 17.6. The van der Waals surface area contributed by atoms with Crippen molar-refractivity contribution in [2.75, 3.05) is 0 Å². The van der Waals surface area contributed by atoms with Gasteiger partial charge in [0.1, 0.15) is 0 Å². The lowest BCUT2D eigenvalue weighted by Crippen LogP contribution is -2.08.